The molecule has 0 aliphatic carbocycles. The first kappa shape index (κ1) is 24.7. The number of halogens is 2. The molecule has 0 radical (unpaired) electrons. The standard InChI is InChI=1S/C23H22F2N8O3S/c24-13-1-2-16(25)17(9-13)30-22(35)31-23-27-12-19(37-23)18-10-14(15-11-28-32-20(15)29-18)21(34)26-3-4-33-5-7-36-8-6-33/h1-2,9-12H,3-8H2,(H,26,34)(H,28,29,32)(H2,27,30,31,35). The van der Waals surface area contributed by atoms with Gasteiger partial charge in [0.25, 0.3) is 5.91 Å². The summed E-state index contributed by atoms with van der Waals surface area (Å²) in [6.07, 6.45) is 3.03. The summed E-state index contributed by atoms with van der Waals surface area (Å²) in [4.78, 5) is 36.7. The fourth-order valence-electron chi connectivity index (χ4n) is 3.78. The lowest BCUT2D eigenvalue weighted by Crippen LogP contribution is -2.41. The van der Waals surface area contributed by atoms with E-state index in [-0.39, 0.29) is 16.7 Å². The van der Waals surface area contributed by atoms with Gasteiger partial charge in [0.15, 0.2) is 10.8 Å². The molecule has 1 aromatic carbocycles. The Bertz CT molecular complexity index is 1440. The smallest absolute Gasteiger partial charge is 0.325 e. The van der Waals surface area contributed by atoms with Crippen LogP contribution in [0.3, 0.4) is 0 Å². The number of ether oxygens (including phenoxy) is 1. The minimum atomic E-state index is -0.789. The van der Waals surface area contributed by atoms with Crippen molar-refractivity contribution in [2.24, 2.45) is 0 Å². The highest BCUT2D eigenvalue weighted by molar-refractivity contribution is 7.19. The van der Waals surface area contributed by atoms with Gasteiger partial charge in [0.1, 0.15) is 11.6 Å². The lowest BCUT2D eigenvalue weighted by Gasteiger charge is -2.26. The molecule has 1 fully saturated rings. The number of pyridine rings is 1. The van der Waals surface area contributed by atoms with Crippen LogP contribution < -0.4 is 16.0 Å². The highest BCUT2D eigenvalue weighted by atomic mass is 32.1. The van der Waals surface area contributed by atoms with Crippen LogP contribution in [0.25, 0.3) is 21.6 Å². The Kier molecular flexibility index (Phi) is 7.30. The van der Waals surface area contributed by atoms with E-state index in [9.17, 15) is 18.4 Å². The molecular weight excluding hydrogens is 506 g/mol. The van der Waals surface area contributed by atoms with Crippen LogP contribution in [0.2, 0.25) is 0 Å². The molecule has 0 saturated carbocycles. The number of aromatic nitrogens is 4. The number of nitrogens with one attached hydrogen (secondary N) is 4. The Labute approximate surface area is 213 Å². The summed E-state index contributed by atoms with van der Waals surface area (Å²) >= 11 is 1.10. The van der Waals surface area contributed by atoms with E-state index < -0.39 is 17.7 Å². The van der Waals surface area contributed by atoms with E-state index in [0.29, 0.717) is 53.5 Å². The average Bonchev–Trinajstić information content (AvgIpc) is 3.56. The topological polar surface area (TPSA) is 137 Å². The zero-order chi connectivity index (χ0) is 25.8. The van der Waals surface area contributed by atoms with Crippen LogP contribution in [0.1, 0.15) is 10.4 Å². The van der Waals surface area contributed by atoms with Gasteiger partial charge in [0.05, 0.1) is 46.6 Å². The molecule has 14 heteroatoms. The SMILES string of the molecule is O=C(Nc1ncc(-c2cc(C(=O)NCCN3CCOCC3)c3cn[nH]c3n2)s1)Nc1cc(F)ccc1F. The molecule has 4 heterocycles. The number of aromatic amines is 1. The quantitative estimate of drug-likeness (QED) is 0.289. The molecule has 1 aliphatic heterocycles. The number of benzene rings is 1. The van der Waals surface area contributed by atoms with Crippen molar-refractivity contribution in [3.05, 3.63) is 53.9 Å². The second-order valence-corrected chi connectivity index (χ2v) is 9.16. The minimum absolute atomic E-state index is 0.201. The third kappa shape index (κ3) is 5.87. The molecule has 192 valence electrons. The first-order chi connectivity index (χ1) is 18.0. The van der Waals surface area contributed by atoms with Gasteiger partial charge in [-0.25, -0.2) is 23.5 Å². The number of morpholine rings is 1. The highest BCUT2D eigenvalue weighted by Crippen LogP contribution is 2.30. The second-order valence-electron chi connectivity index (χ2n) is 8.13. The van der Waals surface area contributed by atoms with E-state index in [2.05, 4.69) is 41.0 Å². The van der Waals surface area contributed by atoms with Gasteiger partial charge in [0, 0.05) is 38.4 Å². The van der Waals surface area contributed by atoms with Crippen LogP contribution in [-0.4, -0.2) is 76.4 Å². The molecule has 4 N–H and O–H groups in total. The number of hydrogen-bond donors (Lipinski definition) is 4. The van der Waals surface area contributed by atoms with Crippen molar-refractivity contribution < 1.29 is 23.1 Å². The van der Waals surface area contributed by atoms with Crippen molar-refractivity contribution in [2.45, 2.75) is 0 Å². The van der Waals surface area contributed by atoms with Gasteiger partial charge in [-0.2, -0.15) is 5.10 Å². The number of carbonyl (C=O) groups is 2. The second kappa shape index (κ2) is 10.9. The van der Waals surface area contributed by atoms with Crippen LogP contribution in [-0.2, 0) is 4.74 Å². The molecule has 11 nitrogen and oxygen atoms in total. The summed E-state index contributed by atoms with van der Waals surface area (Å²) in [7, 11) is 0. The Morgan fingerprint density at radius 3 is 2.81 bits per heavy atom. The summed E-state index contributed by atoms with van der Waals surface area (Å²) in [5.74, 6) is -1.72. The van der Waals surface area contributed by atoms with Gasteiger partial charge in [-0.15, -0.1) is 0 Å². The molecule has 1 saturated heterocycles. The fraction of sp³-hybridized carbons (Fsp3) is 0.261. The van der Waals surface area contributed by atoms with E-state index in [1.54, 1.807) is 12.3 Å². The number of H-pyrrole nitrogens is 1. The van der Waals surface area contributed by atoms with Crippen LogP contribution in [0.4, 0.5) is 24.4 Å². The number of amides is 3. The number of thiazole rings is 1. The normalized spacial score (nSPS) is 14.0. The van der Waals surface area contributed by atoms with E-state index in [1.165, 1.54) is 6.20 Å². The maximum atomic E-state index is 13.8. The predicted molar refractivity (Wildman–Crippen MR) is 134 cm³/mol. The number of carbonyl (C=O) groups excluding carboxylic acids is 2. The van der Waals surface area contributed by atoms with Crippen LogP contribution >= 0.6 is 11.3 Å². The monoisotopic (exact) mass is 528 g/mol. The summed E-state index contributed by atoms with van der Waals surface area (Å²) in [6, 6.07) is 3.59. The Hall–Kier alpha value is -4.01. The maximum absolute atomic E-state index is 13.8. The van der Waals surface area contributed by atoms with E-state index >= 15 is 0 Å². The molecular formula is C23H22F2N8O3S. The van der Waals surface area contributed by atoms with Crippen molar-refractivity contribution in [3.8, 4) is 10.6 Å². The number of urea groups is 1. The first-order valence-electron chi connectivity index (χ1n) is 11.4. The largest absolute Gasteiger partial charge is 0.379 e. The highest BCUT2D eigenvalue weighted by Gasteiger charge is 2.18. The van der Waals surface area contributed by atoms with Gasteiger partial charge in [-0.3, -0.25) is 20.1 Å². The number of rotatable bonds is 7. The van der Waals surface area contributed by atoms with Gasteiger partial charge in [-0.05, 0) is 18.2 Å². The Morgan fingerprint density at radius 2 is 1.97 bits per heavy atom. The molecule has 0 atom stereocenters. The predicted octanol–water partition coefficient (Wildman–Crippen LogP) is 3.07. The molecule has 3 amide bonds. The molecule has 1 aliphatic rings. The van der Waals surface area contributed by atoms with Crippen molar-refractivity contribution in [1.82, 2.24) is 30.4 Å². The summed E-state index contributed by atoms with van der Waals surface area (Å²) in [5.41, 5.74) is 0.984. The molecule has 0 spiro atoms. The average molecular weight is 529 g/mol. The molecule has 37 heavy (non-hydrogen) atoms. The van der Waals surface area contributed by atoms with E-state index in [4.69, 9.17) is 4.74 Å². The first-order valence-corrected chi connectivity index (χ1v) is 12.2. The molecule has 5 rings (SSSR count). The van der Waals surface area contributed by atoms with Crippen LogP contribution in [0.15, 0.2) is 36.7 Å². The van der Waals surface area contributed by atoms with Crippen molar-refractivity contribution in [2.75, 3.05) is 50.0 Å². The molecule has 0 bridgehead atoms. The number of fused-ring (bicyclic) bond motifs is 1. The zero-order valence-electron chi connectivity index (χ0n) is 19.4. The van der Waals surface area contributed by atoms with Gasteiger partial charge >= 0.3 is 6.03 Å². The molecule has 4 aromatic rings. The number of nitrogens with zero attached hydrogens (tertiary/aromatic N) is 4. The minimum Gasteiger partial charge on any atom is -0.379 e. The zero-order valence-corrected chi connectivity index (χ0v) is 20.2. The fourth-order valence-corrected chi connectivity index (χ4v) is 4.56. The summed E-state index contributed by atoms with van der Waals surface area (Å²) in [5, 5.41) is 15.2. The lowest BCUT2D eigenvalue weighted by atomic mass is 10.1. The van der Waals surface area contributed by atoms with Crippen LogP contribution in [0, 0.1) is 11.6 Å². The van der Waals surface area contributed by atoms with Crippen molar-refractivity contribution >= 4 is 45.1 Å². The molecule has 3 aromatic heterocycles. The summed E-state index contributed by atoms with van der Waals surface area (Å²) in [6.45, 7) is 4.23. The van der Waals surface area contributed by atoms with E-state index in [0.717, 1.165) is 42.6 Å². The summed E-state index contributed by atoms with van der Waals surface area (Å²) < 4.78 is 32.5. The van der Waals surface area contributed by atoms with Crippen molar-refractivity contribution in [3.63, 3.8) is 0 Å². The third-order valence-corrected chi connectivity index (χ3v) is 6.58. The van der Waals surface area contributed by atoms with E-state index in [1.807, 2.05) is 0 Å². The Balaban J connectivity index is 1.28. The number of hydrogen-bond acceptors (Lipinski definition) is 8. The molecule has 0 unspecified atom stereocenters. The third-order valence-electron chi connectivity index (χ3n) is 5.64. The van der Waals surface area contributed by atoms with Gasteiger partial charge < -0.3 is 15.4 Å². The maximum Gasteiger partial charge on any atom is 0.325 e. The van der Waals surface area contributed by atoms with Crippen LogP contribution in [0.5, 0.6) is 0 Å². The Morgan fingerprint density at radius 1 is 1.14 bits per heavy atom. The van der Waals surface area contributed by atoms with Gasteiger partial charge in [-0.1, -0.05) is 11.3 Å². The lowest BCUT2D eigenvalue weighted by molar-refractivity contribution is 0.0383. The number of anilines is 2. The van der Waals surface area contributed by atoms with Crippen molar-refractivity contribution in [1.29, 1.82) is 0 Å². The van der Waals surface area contributed by atoms with Gasteiger partial charge in [0.2, 0.25) is 0 Å².